The lowest BCUT2D eigenvalue weighted by Gasteiger charge is -2.38. The minimum absolute atomic E-state index is 0.0599. The number of rotatable bonds is 6. The summed E-state index contributed by atoms with van der Waals surface area (Å²) >= 11 is 12.2. The van der Waals surface area contributed by atoms with Crippen molar-refractivity contribution >= 4 is 44.8 Å². The van der Waals surface area contributed by atoms with Crippen molar-refractivity contribution in [2.24, 2.45) is 0 Å². The molecule has 2 aromatic rings. The van der Waals surface area contributed by atoms with Crippen molar-refractivity contribution in [1.82, 2.24) is 5.32 Å². The summed E-state index contributed by atoms with van der Waals surface area (Å²) in [4.78, 5) is 12.9. The second kappa shape index (κ2) is 8.76. The second-order valence-corrected chi connectivity index (χ2v) is 10.6. The average Bonchev–Trinajstić information content (AvgIpc) is 2.66. The number of carbonyl (C=O) groups excluding carboxylic acids is 1. The Labute approximate surface area is 192 Å². The van der Waals surface area contributed by atoms with Crippen LogP contribution in [0, 0.1) is 0 Å². The number of methoxy groups -OCH3 is 1. The number of hydrogen-bond acceptors (Lipinski definition) is 5. The molecule has 0 saturated heterocycles. The quantitative estimate of drug-likeness (QED) is 0.661. The van der Waals surface area contributed by atoms with Crippen molar-refractivity contribution in [1.29, 1.82) is 0 Å². The Balaban J connectivity index is 1.89. The van der Waals surface area contributed by atoms with E-state index in [9.17, 15) is 13.2 Å². The van der Waals surface area contributed by atoms with Gasteiger partial charge in [-0.2, -0.15) is 0 Å². The highest BCUT2D eigenvalue weighted by atomic mass is 35.5. The smallest absolute Gasteiger partial charge is 0.241 e. The van der Waals surface area contributed by atoms with Crippen LogP contribution in [0.3, 0.4) is 0 Å². The summed E-state index contributed by atoms with van der Waals surface area (Å²) in [6, 6.07) is 9.61. The third-order valence-corrected chi connectivity index (χ3v) is 6.83. The molecule has 1 atom stereocenters. The van der Waals surface area contributed by atoms with Crippen LogP contribution in [0.4, 0.5) is 5.69 Å². The van der Waals surface area contributed by atoms with Crippen LogP contribution in [0.1, 0.15) is 31.9 Å². The highest BCUT2D eigenvalue weighted by Gasteiger charge is 2.35. The molecule has 1 aliphatic heterocycles. The minimum atomic E-state index is -3.80. The maximum absolute atomic E-state index is 12.9. The zero-order chi connectivity index (χ0) is 23.0. The molecule has 7 nitrogen and oxygen atoms in total. The number of nitrogens with zero attached hydrogens (tertiary/aromatic N) is 1. The summed E-state index contributed by atoms with van der Waals surface area (Å²) in [5.74, 6) is 0.780. The van der Waals surface area contributed by atoms with E-state index in [0.717, 1.165) is 16.1 Å². The largest absolute Gasteiger partial charge is 0.497 e. The van der Waals surface area contributed by atoms with Gasteiger partial charge in [-0.1, -0.05) is 29.3 Å². The van der Waals surface area contributed by atoms with Gasteiger partial charge in [0.15, 0.2) is 0 Å². The maximum Gasteiger partial charge on any atom is 0.241 e. The van der Waals surface area contributed by atoms with Crippen molar-refractivity contribution in [3.05, 3.63) is 52.0 Å². The fraction of sp³-hybridized carbons (Fsp3) is 0.381. The molecule has 2 aromatic carbocycles. The van der Waals surface area contributed by atoms with E-state index in [2.05, 4.69) is 5.32 Å². The molecule has 0 spiro atoms. The average molecular weight is 487 g/mol. The van der Waals surface area contributed by atoms with E-state index in [1.54, 1.807) is 37.4 Å². The van der Waals surface area contributed by atoms with Gasteiger partial charge in [-0.25, -0.2) is 8.42 Å². The molecule has 3 rings (SSSR count). The van der Waals surface area contributed by atoms with Crippen LogP contribution < -0.4 is 19.1 Å². The zero-order valence-electron chi connectivity index (χ0n) is 17.6. The van der Waals surface area contributed by atoms with Gasteiger partial charge in [0.05, 0.1) is 35.1 Å². The van der Waals surface area contributed by atoms with Crippen molar-refractivity contribution < 1.29 is 22.7 Å². The van der Waals surface area contributed by atoms with E-state index in [1.165, 1.54) is 6.07 Å². The van der Waals surface area contributed by atoms with Gasteiger partial charge in [0.2, 0.25) is 15.9 Å². The van der Waals surface area contributed by atoms with Crippen LogP contribution >= 0.6 is 23.2 Å². The number of hydrogen-bond donors (Lipinski definition) is 1. The SMILES string of the molecule is COc1ccc2c(c1)C(NC(=O)CN(c1cccc(Cl)c1Cl)S(C)(=O)=O)CC(C)(C)O2. The molecule has 1 amide bonds. The molecule has 0 saturated carbocycles. The fourth-order valence-electron chi connectivity index (χ4n) is 3.52. The Hall–Kier alpha value is -2.16. The second-order valence-electron chi connectivity index (χ2n) is 7.93. The van der Waals surface area contributed by atoms with Gasteiger partial charge in [0, 0.05) is 12.0 Å². The van der Waals surface area contributed by atoms with Gasteiger partial charge in [-0.05, 0) is 44.2 Å². The number of amides is 1. The van der Waals surface area contributed by atoms with Gasteiger partial charge in [0.25, 0.3) is 0 Å². The summed E-state index contributed by atoms with van der Waals surface area (Å²) in [7, 11) is -2.25. The first-order chi connectivity index (χ1) is 14.4. The first-order valence-electron chi connectivity index (χ1n) is 9.49. The Bertz CT molecular complexity index is 1100. The molecule has 1 N–H and O–H groups in total. The molecule has 1 heterocycles. The Morgan fingerprint density at radius 1 is 1.29 bits per heavy atom. The Morgan fingerprint density at radius 2 is 2.00 bits per heavy atom. The molecule has 0 fully saturated rings. The monoisotopic (exact) mass is 486 g/mol. The molecule has 10 heteroatoms. The fourth-order valence-corrected chi connectivity index (χ4v) is 4.83. The number of fused-ring (bicyclic) bond motifs is 1. The number of anilines is 1. The molecule has 168 valence electrons. The topological polar surface area (TPSA) is 84.9 Å². The van der Waals surface area contributed by atoms with Crippen molar-refractivity contribution in [2.75, 3.05) is 24.2 Å². The van der Waals surface area contributed by atoms with Crippen LogP contribution in [0.25, 0.3) is 0 Å². The summed E-state index contributed by atoms with van der Waals surface area (Å²) in [5, 5.41) is 3.19. The number of nitrogens with one attached hydrogen (secondary N) is 1. The van der Waals surface area contributed by atoms with Gasteiger partial charge in [0.1, 0.15) is 23.6 Å². The summed E-state index contributed by atoms with van der Waals surface area (Å²) < 4.78 is 37.1. The lowest BCUT2D eigenvalue weighted by Crippen LogP contribution is -2.45. The van der Waals surface area contributed by atoms with E-state index in [0.29, 0.717) is 17.9 Å². The van der Waals surface area contributed by atoms with Crippen molar-refractivity contribution in [3.8, 4) is 11.5 Å². The van der Waals surface area contributed by atoms with Crippen LogP contribution in [0.5, 0.6) is 11.5 Å². The minimum Gasteiger partial charge on any atom is -0.497 e. The van der Waals surface area contributed by atoms with Crippen LogP contribution in [-0.2, 0) is 14.8 Å². The summed E-state index contributed by atoms with van der Waals surface area (Å²) in [6.45, 7) is 3.40. The number of sulfonamides is 1. The van der Waals surface area contributed by atoms with Crippen LogP contribution in [-0.4, -0.2) is 39.8 Å². The highest BCUT2D eigenvalue weighted by Crippen LogP contribution is 2.41. The highest BCUT2D eigenvalue weighted by molar-refractivity contribution is 7.92. The number of carbonyl (C=O) groups is 1. The Morgan fingerprint density at radius 3 is 2.65 bits per heavy atom. The zero-order valence-corrected chi connectivity index (χ0v) is 19.9. The first kappa shape index (κ1) is 23.5. The normalized spacial score (nSPS) is 17.3. The Kier molecular flexibility index (Phi) is 6.64. The third-order valence-electron chi connectivity index (χ3n) is 4.90. The molecule has 0 aromatic heterocycles. The molecule has 0 radical (unpaired) electrons. The number of benzene rings is 2. The van der Waals surface area contributed by atoms with E-state index in [1.807, 2.05) is 13.8 Å². The van der Waals surface area contributed by atoms with E-state index in [4.69, 9.17) is 32.7 Å². The lowest BCUT2D eigenvalue weighted by molar-refractivity contribution is -0.120. The maximum atomic E-state index is 12.9. The standard InChI is InChI=1S/C21H24Cl2N2O5S/c1-21(2)11-16(14-10-13(29-3)8-9-18(14)30-21)24-19(26)12-25(31(4,27)28)17-7-5-6-15(22)20(17)23/h5-10,16H,11-12H2,1-4H3,(H,24,26). The molecule has 0 bridgehead atoms. The van der Waals surface area contributed by atoms with Crippen LogP contribution in [0.15, 0.2) is 36.4 Å². The molecule has 31 heavy (non-hydrogen) atoms. The number of ether oxygens (including phenoxy) is 2. The molecule has 0 aliphatic carbocycles. The van der Waals surface area contributed by atoms with Gasteiger partial charge < -0.3 is 14.8 Å². The predicted octanol–water partition coefficient (Wildman–Crippen LogP) is 4.19. The van der Waals surface area contributed by atoms with E-state index in [-0.39, 0.29) is 15.7 Å². The predicted molar refractivity (Wildman–Crippen MR) is 122 cm³/mol. The van der Waals surface area contributed by atoms with E-state index < -0.39 is 34.1 Å². The summed E-state index contributed by atoms with van der Waals surface area (Å²) in [6.07, 6.45) is 1.50. The van der Waals surface area contributed by atoms with Gasteiger partial charge >= 0.3 is 0 Å². The van der Waals surface area contributed by atoms with Gasteiger partial charge in [-0.3, -0.25) is 9.10 Å². The lowest BCUT2D eigenvalue weighted by atomic mass is 9.89. The number of halogens is 2. The van der Waals surface area contributed by atoms with Crippen LogP contribution in [0.2, 0.25) is 10.0 Å². The first-order valence-corrected chi connectivity index (χ1v) is 12.1. The molecular weight excluding hydrogens is 463 g/mol. The molecule has 1 unspecified atom stereocenters. The van der Waals surface area contributed by atoms with Crippen molar-refractivity contribution in [2.45, 2.75) is 31.9 Å². The van der Waals surface area contributed by atoms with Gasteiger partial charge in [-0.15, -0.1) is 0 Å². The third kappa shape index (κ3) is 5.37. The van der Waals surface area contributed by atoms with E-state index >= 15 is 0 Å². The molecular formula is C21H24Cl2N2O5S. The molecule has 1 aliphatic rings. The van der Waals surface area contributed by atoms with Crippen molar-refractivity contribution in [3.63, 3.8) is 0 Å². The summed E-state index contributed by atoms with van der Waals surface area (Å²) in [5.41, 5.74) is 0.381.